The van der Waals surface area contributed by atoms with E-state index in [-0.39, 0.29) is 5.91 Å². The first kappa shape index (κ1) is 17.6. The third kappa shape index (κ3) is 3.75. The summed E-state index contributed by atoms with van der Waals surface area (Å²) in [5.41, 5.74) is 1.34. The summed E-state index contributed by atoms with van der Waals surface area (Å²) in [5.74, 6) is -0.220. The highest BCUT2D eigenvalue weighted by atomic mass is 16.7. The topological polar surface area (TPSA) is 60.5 Å². The van der Waals surface area contributed by atoms with Crippen molar-refractivity contribution in [2.75, 3.05) is 0 Å². The molecular formula is C19H23BN2O3. The number of pyridine rings is 1. The Labute approximate surface area is 148 Å². The molecule has 1 aromatic heterocycles. The van der Waals surface area contributed by atoms with Gasteiger partial charge in [0, 0.05) is 12.7 Å². The van der Waals surface area contributed by atoms with Crippen LogP contribution in [0.15, 0.2) is 48.7 Å². The molecule has 0 atom stereocenters. The summed E-state index contributed by atoms with van der Waals surface area (Å²) in [5, 5.41) is 2.88. The second-order valence-corrected chi connectivity index (χ2v) is 7.23. The molecule has 130 valence electrons. The van der Waals surface area contributed by atoms with Gasteiger partial charge in [-0.05, 0) is 50.9 Å². The van der Waals surface area contributed by atoms with Crippen LogP contribution < -0.4 is 10.8 Å². The molecule has 1 fully saturated rings. The van der Waals surface area contributed by atoms with Crippen LogP contribution >= 0.6 is 0 Å². The predicted octanol–water partition coefficient (Wildman–Crippen LogP) is 2.31. The van der Waals surface area contributed by atoms with E-state index in [0.717, 1.165) is 11.0 Å². The predicted molar refractivity (Wildman–Crippen MR) is 97.6 cm³/mol. The normalized spacial score (nSPS) is 18.2. The zero-order valence-electron chi connectivity index (χ0n) is 15.1. The number of hydrogen-bond acceptors (Lipinski definition) is 4. The Morgan fingerprint density at radius 3 is 2.36 bits per heavy atom. The summed E-state index contributed by atoms with van der Waals surface area (Å²) in [6.45, 7) is 8.47. The van der Waals surface area contributed by atoms with E-state index in [9.17, 15) is 4.79 Å². The van der Waals surface area contributed by atoms with E-state index in [1.54, 1.807) is 12.3 Å². The van der Waals surface area contributed by atoms with Crippen LogP contribution in [0.4, 0.5) is 0 Å². The molecule has 1 aliphatic rings. The Morgan fingerprint density at radius 1 is 1.08 bits per heavy atom. The Balaban J connectivity index is 1.70. The Kier molecular flexibility index (Phi) is 4.67. The van der Waals surface area contributed by atoms with E-state index in [1.807, 2.05) is 64.1 Å². The molecule has 1 N–H and O–H groups in total. The zero-order valence-corrected chi connectivity index (χ0v) is 15.1. The van der Waals surface area contributed by atoms with Gasteiger partial charge in [-0.2, -0.15) is 0 Å². The fourth-order valence-corrected chi connectivity index (χ4v) is 2.57. The van der Waals surface area contributed by atoms with Gasteiger partial charge in [0.25, 0.3) is 5.91 Å². The highest BCUT2D eigenvalue weighted by Gasteiger charge is 2.51. The van der Waals surface area contributed by atoms with Crippen molar-refractivity contribution in [3.8, 4) is 0 Å². The molecule has 0 unspecified atom stereocenters. The van der Waals surface area contributed by atoms with Gasteiger partial charge in [-0.1, -0.05) is 30.3 Å². The maximum absolute atomic E-state index is 12.4. The van der Waals surface area contributed by atoms with E-state index in [0.29, 0.717) is 12.2 Å². The van der Waals surface area contributed by atoms with Crippen molar-refractivity contribution in [3.05, 3.63) is 59.9 Å². The number of aromatic nitrogens is 1. The number of carbonyl (C=O) groups excluding carboxylic acids is 1. The molecule has 3 rings (SSSR count). The number of hydrogen-bond donors (Lipinski definition) is 1. The average Bonchev–Trinajstić information content (AvgIpc) is 2.81. The van der Waals surface area contributed by atoms with Crippen molar-refractivity contribution >= 4 is 18.5 Å². The summed E-state index contributed by atoms with van der Waals surface area (Å²) in [6, 6.07) is 13.3. The lowest BCUT2D eigenvalue weighted by Crippen LogP contribution is -2.41. The molecule has 6 heteroatoms. The number of amides is 1. The molecule has 1 saturated heterocycles. The van der Waals surface area contributed by atoms with Crippen molar-refractivity contribution in [2.45, 2.75) is 45.4 Å². The van der Waals surface area contributed by atoms with E-state index in [1.165, 1.54) is 0 Å². The van der Waals surface area contributed by atoms with Crippen LogP contribution in [-0.4, -0.2) is 29.2 Å². The van der Waals surface area contributed by atoms with E-state index < -0.39 is 18.3 Å². The van der Waals surface area contributed by atoms with E-state index in [4.69, 9.17) is 9.31 Å². The third-order valence-corrected chi connectivity index (χ3v) is 4.84. The van der Waals surface area contributed by atoms with Crippen LogP contribution in [0.3, 0.4) is 0 Å². The Morgan fingerprint density at radius 2 is 1.72 bits per heavy atom. The molecule has 2 aromatic rings. The summed E-state index contributed by atoms with van der Waals surface area (Å²) >= 11 is 0. The van der Waals surface area contributed by atoms with Gasteiger partial charge in [-0.15, -0.1) is 0 Å². The maximum Gasteiger partial charge on any atom is 0.494 e. The number of nitrogens with zero attached hydrogens (tertiary/aromatic N) is 1. The first-order valence-corrected chi connectivity index (χ1v) is 8.42. The van der Waals surface area contributed by atoms with Crippen LogP contribution in [-0.2, 0) is 15.9 Å². The van der Waals surface area contributed by atoms with Crippen molar-refractivity contribution < 1.29 is 14.1 Å². The average molecular weight is 338 g/mol. The highest BCUT2D eigenvalue weighted by Crippen LogP contribution is 2.36. The fraction of sp³-hybridized carbons (Fsp3) is 0.368. The van der Waals surface area contributed by atoms with Gasteiger partial charge < -0.3 is 14.6 Å². The molecule has 1 aromatic carbocycles. The van der Waals surface area contributed by atoms with E-state index in [2.05, 4.69) is 10.3 Å². The molecular weight excluding hydrogens is 315 g/mol. The SMILES string of the molecule is CC1(C)OB(c2ccnc(C(=O)NCc3ccccc3)c2)OC1(C)C. The van der Waals surface area contributed by atoms with Crippen LogP contribution in [0.5, 0.6) is 0 Å². The fourth-order valence-electron chi connectivity index (χ4n) is 2.57. The maximum atomic E-state index is 12.4. The Hall–Kier alpha value is -2.18. The van der Waals surface area contributed by atoms with Gasteiger partial charge in [-0.25, -0.2) is 0 Å². The quantitative estimate of drug-likeness (QED) is 0.869. The minimum Gasteiger partial charge on any atom is -0.399 e. The number of carbonyl (C=O) groups is 1. The summed E-state index contributed by atoms with van der Waals surface area (Å²) in [4.78, 5) is 16.6. The lowest BCUT2D eigenvalue weighted by molar-refractivity contribution is 0.00578. The molecule has 25 heavy (non-hydrogen) atoms. The van der Waals surface area contributed by atoms with Gasteiger partial charge >= 0.3 is 7.12 Å². The molecule has 0 spiro atoms. The van der Waals surface area contributed by atoms with Crippen molar-refractivity contribution in [1.29, 1.82) is 0 Å². The van der Waals surface area contributed by atoms with Crippen LogP contribution in [0.25, 0.3) is 0 Å². The third-order valence-electron chi connectivity index (χ3n) is 4.84. The van der Waals surface area contributed by atoms with Gasteiger partial charge in [0.1, 0.15) is 5.69 Å². The van der Waals surface area contributed by atoms with Gasteiger partial charge in [-0.3, -0.25) is 9.78 Å². The Bertz CT molecular complexity index is 746. The monoisotopic (exact) mass is 338 g/mol. The van der Waals surface area contributed by atoms with Crippen molar-refractivity contribution in [1.82, 2.24) is 10.3 Å². The summed E-state index contributed by atoms with van der Waals surface area (Å²) in [6.07, 6.45) is 1.61. The first-order chi connectivity index (χ1) is 11.8. The lowest BCUT2D eigenvalue weighted by Gasteiger charge is -2.32. The first-order valence-electron chi connectivity index (χ1n) is 8.42. The number of benzene rings is 1. The van der Waals surface area contributed by atoms with Crippen LogP contribution in [0.1, 0.15) is 43.7 Å². The molecule has 1 aliphatic heterocycles. The molecule has 5 nitrogen and oxygen atoms in total. The molecule has 1 amide bonds. The molecule has 0 aliphatic carbocycles. The van der Waals surface area contributed by atoms with Crippen LogP contribution in [0, 0.1) is 0 Å². The highest BCUT2D eigenvalue weighted by molar-refractivity contribution is 6.62. The van der Waals surface area contributed by atoms with Gasteiger partial charge in [0.2, 0.25) is 0 Å². The standard InChI is InChI=1S/C19H23BN2O3/c1-18(2)19(3,4)25-20(24-18)15-10-11-21-16(12-15)17(23)22-13-14-8-6-5-7-9-14/h5-12H,13H2,1-4H3,(H,22,23). The smallest absolute Gasteiger partial charge is 0.399 e. The van der Waals surface area contributed by atoms with Crippen molar-refractivity contribution in [3.63, 3.8) is 0 Å². The lowest BCUT2D eigenvalue weighted by atomic mass is 9.79. The number of nitrogens with one attached hydrogen (secondary N) is 1. The molecule has 0 radical (unpaired) electrons. The molecule has 0 saturated carbocycles. The second-order valence-electron chi connectivity index (χ2n) is 7.23. The summed E-state index contributed by atoms with van der Waals surface area (Å²) in [7, 11) is -0.506. The number of rotatable bonds is 4. The minimum absolute atomic E-state index is 0.220. The molecule has 0 bridgehead atoms. The molecule has 2 heterocycles. The van der Waals surface area contributed by atoms with E-state index >= 15 is 0 Å². The second kappa shape index (κ2) is 6.62. The van der Waals surface area contributed by atoms with Crippen LogP contribution in [0.2, 0.25) is 0 Å². The minimum atomic E-state index is -0.506. The zero-order chi connectivity index (χ0) is 18.1. The van der Waals surface area contributed by atoms with Gasteiger partial charge in [0.15, 0.2) is 0 Å². The largest absolute Gasteiger partial charge is 0.494 e. The van der Waals surface area contributed by atoms with Gasteiger partial charge in [0.05, 0.1) is 11.2 Å². The summed E-state index contributed by atoms with van der Waals surface area (Å²) < 4.78 is 12.1. The van der Waals surface area contributed by atoms with Crippen molar-refractivity contribution in [2.24, 2.45) is 0 Å².